The van der Waals surface area contributed by atoms with Crippen LogP contribution in [-0.4, -0.2) is 79.8 Å². The Balaban J connectivity index is 2.61. The van der Waals surface area contributed by atoms with Gasteiger partial charge in [-0.1, -0.05) is 0 Å². The number of amides is 3. The molecule has 2 N–H and O–H groups in total. The Morgan fingerprint density at radius 3 is 2.62 bits per heavy atom. The highest BCUT2D eigenvalue weighted by Gasteiger charge is 2.31. The highest BCUT2D eigenvalue weighted by molar-refractivity contribution is 5.86. The van der Waals surface area contributed by atoms with E-state index in [1.807, 2.05) is 0 Å². The zero-order valence-corrected chi connectivity index (χ0v) is 12.7. The van der Waals surface area contributed by atoms with Gasteiger partial charge in [0.1, 0.15) is 0 Å². The van der Waals surface area contributed by atoms with Crippen molar-refractivity contribution < 1.29 is 24.2 Å². The summed E-state index contributed by atoms with van der Waals surface area (Å²) in [6, 6.07) is -1.21. The van der Waals surface area contributed by atoms with Crippen molar-refractivity contribution in [3.05, 3.63) is 0 Å². The fraction of sp³-hybridized carbons (Fsp3) is 0.769. The van der Waals surface area contributed by atoms with Crippen molar-refractivity contribution in [1.29, 1.82) is 0 Å². The van der Waals surface area contributed by atoms with Gasteiger partial charge in [0.25, 0.3) is 0 Å². The Morgan fingerprint density at radius 1 is 1.43 bits per heavy atom. The molecule has 0 aromatic rings. The van der Waals surface area contributed by atoms with Crippen LogP contribution in [0.3, 0.4) is 0 Å². The molecule has 0 spiro atoms. The lowest BCUT2D eigenvalue weighted by Crippen LogP contribution is -2.52. The monoisotopic (exact) mass is 301 g/mol. The van der Waals surface area contributed by atoms with Crippen LogP contribution in [0.15, 0.2) is 0 Å². The van der Waals surface area contributed by atoms with Crippen molar-refractivity contribution >= 4 is 17.9 Å². The lowest BCUT2D eigenvalue weighted by Gasteiger charge is -2.34. The van der Waals surface area contributed by atoms with Gasteiger partial charge in [-0.15, -0.1) is 0 Å². The molecule has 0 saturated carbocycles. The number of rotatable bonds is 4. The average Bonchev–Trinajstić information content (AvgIpc) is 2.50. The molecule has 0 aromatic carbocycles. The first-order valence-corrected chi connectivity index (χ1v) is 6.86. The summed E-state index contributed by atoms with van der Waals surface area (Å²) in [7, 11) is 4.51. The molecule has 0 aromatic heterocycles. The Bertz CT molecular complexity index is 399. The number of hydrogen-bond donors (Lipinski definition) is 2. The Kier molecular flexibility index (Phi) is 6.41. The number of hydrogen-bond acceptors (Lipinski definition) is 5. The standard InChI is InChI=1S/C13H23N3O5/c1-15(2)13(20)16-6-4-5-9(7-16)11(18)14-10(8-17)12(19)21-3/h9-10,17H,4-8H2,1-3H3,(H,14,18). The molecular formula is C13H23N3O5. The second-order valence-corrected chi connectivity index (χ2v) is 5.23. The first-order chi connectivity index (χ1) is 9.90. The van der Waals surface area contributed by atoms with E-state index in [4.69, 9.17) is 5.11 Å². The summed E-state index contributed by atoms with van der Waals surface area (Å²) in [6.45, 7) is 0.398. The number of piperidine rings is 1. The molecule has 21 heavy (non-hydrogen) atoms. The van der Waals surface area contributed by atoms with Crippen molar-refractivity contribution in [2.75, 3.05) is 40.9 Å². The molecule has 0 radical (unpaired) electrons. The summed E-state index contributed by atoms with van der Waals surface area (Å²) >= 11 is 0. The fourth-order valence-electron chi connectivity index (χ4n) is 2.26. The van der Waals surface area contributed by atoms with Gasteiger partial charge in [-0.05, 0) is 12.8 Å². The minimum Gasteiger partial charge on any atom is -0.467 e. The number of nitrogens with one attached hydrogen (secondary N) is 1. The maximum atomic E-state index is 12.1. The quantitative estimate of drug-likeness (QED) is 0.651. The van der Waals surface area contributed by atoms with Gasteiger partial charge in [-0.2, -0.15) is 0 Å². The summed E-state index contributed by atoms with van der Waals surface area (Å²) in [5, 5.41) is 11.6. The van der Waals surface area contributed by atoms with Crippen molar-refractivity contribution in [2.24, 2.45) is 5.92 Å². The van der Waals surface area contributed by atoms with Gasteiger partial charge in [-0.3, -0.25) is 4.79 Å². The molecule has 1 heterocycles. The van der Waals surface area contributed by atoms with Crippen LogP contribution in [0.2, 0.25) is 0 Å². The number of aliphatic hydroxyl groups excluding tert-OH is 1. The lowest BCUT2D eigenvalue weighted by molar-refractivity contribution is -0.147. The van der Waals surface area contributed by atoms with Crippen LogP contribution in [0.4, 0.5) is 4.79 Å². The fourth-order valence-corrected chi connectivity index (χ4v) is 2.26. The van der Waals surface area contributed by atoms with Crippen LogP contribution in [0.25, 0.3) is 0 Å². The molecule has 0 aliphatic carbocycles. The summed E-state index contributed by atoms with van der Waals surface area (Å²) in [6.07, 6.45) is 1.36. The molecule has 2 unspecified atom stereocenters. The Morgan fingerprint density at radius 2 is 2.10 bits per heavy atom. The van der Waals surface area contributed by atoms with Gasteiger partial charge in [0.15, 0.2) is 6.04 Å². The third-order valence-corrected chi connectivity index (χ3v) is 3.43. The van der Waals surface area contributed by atoms with Gasteiger partial charge >= 0.3 is 12.0 Å². The summed E-state index contributed by atoms with van der Waals surface area (Å²) in [5.41, 5.74) is 0. The first kappa shape index (κ1) is 17.2. The van der Waals surface area contributed by atoms with E-state index in [9.17, 15) is 14.4 Å². The molecule has 1 aliphatic rings. The number of carbonyl (C=O) groups excluding carboxylic acids is 3. The zero-order chi connectivity index (χ0) is 16.0. The molecule has 3 amide bonds. The van der Waals surface area contributed by atoms with Gasteiger partial charge in [0, 0.05) is 27.2 Å². The van der Waals surface area contributed by atoms with Crippen LogP contribution in [0, 0.1) is 5.92 Å². The highest BCUT2D eigenvalue weighted by Crippen LogP contribution is 2.17. The molecule has 1 rings (SSSR count). The molecule has 2 atom stereocenters. The van der Waals surface area contributed by atoms with Crippen molar-refractivity contribution in [3.63, 3.8) is 0 Å². The van der Waals surface area contributed by atoms with E-state index in [1.165, 1.54) is 12.0 Å². The summed E-state index contributed by atoms with van der Waals surface area (Å²) in [4.78, 5) is 38.5. The van der Waals surface area contributed by atoms with Gasteiger partial charge in [0.2, 0.25) is 5.91 Å². The van der Waals surface area contributed by atoms with E-state index >= 15 is 0 Å². The number of aliphatic hydroxyl groups is 1. The van der Waals surface area contributed by atoms with E-state index in [-0.39, 0.29) is 17.9 Å². The number of carbonyl (C=O) groups is 3. The van der Waals surface area contributed by atoms with Gasteiger partial charge < -0.3 is 25.0 Å². The smallest absolute Gasteiger partial charge is 0.330 e. The van der Waals surface area contributed by atoms with Crippen LogP contribution in [0.5, 0.6) is 0 Å². The molecular weight excluding hydrogens is 278 g/mol. The predicted octanol–water partition coefficient (Wildman–Crippen LogP) is -0.970. The maximum absolute atomic E-state index is 12.1. The number of ether oxygens (including phenoxy) is 1. The van der Waals surface area contributed by atoms with E-state index < -0.39 is 18.6 Å². The average molecular weight is 301 g/mol. The number of likely N-dealkylation sites (tertiary alicyclic amines) is 1. The van der Waals surface area contributed by atoms with E-state index in [0.717, 1.165) is 6.42 Å². The van der Waals surface area contributed by atoms with Crippen LogP contribution >= 0.6 is 0 Å². The van der Waals surface area contributed by atoms with Gasteiger partial charge in [0.05, 0.1) is 19.6 Å². The molecule has 8 nitrogen and oxygen atoms in total. The zero-order valence-electron chi connectivity index (χ0n) is 12.7. The van der Waals surface area contributed by atoms with E-state index in [1.54, 1.807) is 19.0 Å². The minimum absolute atomic E-state index is 0.140. The SMILES string of the molecule is COC(=O)C(CO)NC(=O)C1CCCN(C(=O)N(C)C)C1. The van der Waals surface area contributed by atoms with Crippen LogP contribution in [0.1, 0.15) is 12.8 Å². The second-order valence-electron chi connectivity index (χ2n) is 5.23. The topological polar surface area (TPSA) is 99.2 Å². The van der Waals surface area contributed by atoms with Gasteiger partial charge in [-0.25, -0.2) is 9.59 Å². The van der Waals surface area contributed by atoms with Crippen molar-refractivity contribution in [1.82, 2.24) is 15.1 Å². The number of urea groups is 1. The van der Waals surface area contributed by atoms with Crippen molar-refractivity contribution in [2.45, 2.75) is 18.9 Å². The van der Waals surface area contributed by atoms with Crippen molar-refractivity contribution in [3.8, 4) is 0 Å². The molecule has 1 fully saturated rings. The summed E-state index contributed by atoms with van der Waals surface area (Å²) in [5.74, 6) is -1.43. The van der Waals surface area contributed by atoms with E-state index in [2.05, 4.69) is 10.1 Å². The maximum Gasteiger partial charge on any atom is 0.330 e. The third-order valence-electron chi connectivity index (χ3n) is 3.43. The van der Waals surface area contributed by atoms with E-state index in [0.29, 0.717) is 19.5 Å². The molecule has 0 bridgehead atoms. The number of methoxy groups -OCH3 is 1. The predicted molar refractivity (Wildman–Crippen MR) is 74.4 cm³/mol. The highest BCUT2D eigenvalue weighted by atomic mass is 16.5. The third kappa shape index (κ3) is 4.59. The molecule has 1 aliphatic heterocycles. The second kappa shape index (κ2) is 7.82. The first-order valence-electron chi connectivity index (χ1n) is 6.86. The number of esters is 1. The molecule has 1 saturated heterocycles. The summed E-state index contributed by atoms with van der Waals surface area (Å²) < 4.78 is 4.50. The van der Waals surface area contributed by atoms with Crippen LogP contribution in [-0.2, 0) is 14.3 Å². The Hall–Kier alpha value is -1.83. The minimum atomic E-state index is -1.07. The number of nitrogens with zero attached hydrogens (tertiary/aromatic N) is 2. The van der Waals surface area contributed by atoms with Crippen LogP contribution < -0.4 is 5.32 Å². The largest absolute Gasteiger partial charge is 0.467 e. The lowest BCUT2D eigenvalue weighted by atomic mass is 9.97. The Labute approximate surface area is 124 Å². The molecule has 8 heteroatoms. The molecule has 120 valence electrons. The normalized spacial score (nSPS) is 19.6.